The van der Waals surface area contributed by atoms with Gasteiger partial charge in [0.1, 0.15) is 0 Å². The van der Waals surface area contributed by atoms with Gasteiger partial charge in [0.15, 0.2) is 18.1 Å². The summed E-state index contributed by atoms with van der Waals surface area (Å²) in [7, 11) is 0. The van der Waals surface area contributed by atoms with Crippen molar-refractivity contribution >= 4 is 22.9 Å². The highest BCUT2D eigenvalue weighted by molar-refractivity contribution is 7.09. The van der Waals surface area contributed by atoms with Gasteiger partial charge in [-0.1, -0.05) is 12.1 Å². The number of nitriles is 1. The van der Waals surface area contributed by atoms with E-state index in [1.807, 2.05) is 43.5 Å². The molecule has 1 amide bonds. The maximum Gasteiger partial charge on any atom is 0.262 e. The second-order valence-corrected chi connectivity index (χ2v) is 6.94. The molecule has 0 atom stereocenters. The first-order valence-corrected chi connectivity index (χ1v) is 9.59. The third kappa shape index (κ3) is 4.87. The predicted octanol–water partition coefficient (Wildman–Crippen LogP) is 4.41. The van der Waals surface area contributed by atoms with Crippen LogP contribution in [0.1, 0.15) is 17.5 Å². The summed E-state index contributed by atoms with van der Waals surface area (Å²) < 4.78 is 11.1. The first-order chi connectivity index (χ1) is 13.6. The number of ether oxygens (including phenoxy) is 2. The first kappa shape index (κ1) is 19.4. The van der Waals surface area contributed by atoms with Crippen molar-refractivity contribution in [2.45, 2.75) is 13.8 Å². The van der Waals surface area contributed by atoms with Gasteiger partial charge < -0.3 is 14.8 Å². The molecule has 0 unspecified atom stereocenters. The van der Waals surface area contributed by atoms with Crippen LogP contribution >= 0.6 is 11.3 Å². The Balaban J connectivity index is 1.64. The number of nitrogens with one attached hydrogen (secondary N) is 1. The lowest BCUT2D eigenvalue weighted by molar-refractivity contribution is -0.118. The largest absolute Gasteiger partial charge is 0.490 e. The topological polar surface area (TPSA) is 84.2 Å². The van der Waals surface area contributed by atoms with Crippen molar-refractivity contribution in [1.82, 2.24) is 4.98 Å². The van der Waals surface area contributed by atoms with Crippen molar-refractivity contribution in [2.75, 3.05) is 18.5 Å². The second kappa shape index (κ2) is 9.02. The molecule has 0 aliphatic carbocycles. The molecule has 1 aromatic heterocycles. The van der Waals surface area contributed by atoms with E-state index in [4.69, 9.17) is 14.7 Å². The lowest BCUT2D eigenvalue weighted by atomic mass is 10.1. The lowest BCUT2D eigenvalue weighted by Gasteiger charge is -2.12. The Bertz CT molecular complexity index is 1020. The van der Waals surface area contributed by atoms with E-state index in [-0.39, 0.29) is 12.5 Å². The number of benzene rings is 2. The van der Waals surface area contributed by atoms with Gasteiger partial charge in [0.05, 0.1) is 28.9 Å². The average molecular weight is 393 g/mol. The Kier molecular flexibility index (Phi) is 6.25. The Labute approximate surface area is 167 Å². The molecule has 0 fully saturated rings. The number of hydrogen-bond acceptors (Lipinski definition) is 6. The van der Waals surface area contributed by atoms with Gasteiger partial charge in [-0.25, -0.2) is 4.98 Å². The summed E-state index contributed by atoms with van der Waals surface area (Å²) in [5.74, 6) is 0.566. The van der Waals surface area contributed by atoms with Crippen LogP contribution in [0.4, 0.5) is 5.69 Å². The minimum Gasteiger partial charge on any atom is -0.490 e. The Morgan fingerprint density at radius 3 is 2.79 bits per heavy atom. The Morgan fingerprint density at radius 2 is 2.07 bits per heavy atom. The van der Waals surface area contributed by atoms with Crippen LogP contribution in [0.15, 0.2) is 47.8 Å². The minimum atomic E-state index is -0.293. The summed E-state index contributed by atoms with van der Waals surface area (Å²) in [6, 6.07) is 14.4. The Morgan fingerprint density at radius 1 is 1.21 bits per heavy atom. The van der Waals surface area contributed by atoms with Crippen molar-refractivity contribution in [3.63, 3.8) is 0 Å². The molecule has 0 bridgehead atoms. The zero-order chi connectivity index (χ0) is 19.9. The van der Waals surface area contributed by atoms with E-state index in [9.17, 15) is 4.79 Å². The molecule has 1 N–H and O–H groups in total. The summed E-state index contributed by atoms with van der Waals surface area (Å²) in [5.41, 5.74) is 2.96. The summed E-state index contributed by atoms with van der Waals surface area (Å²) in [5, 5.41) is 14.8. The third-order valence-electron chi connectivity index (χ3n) is 3.79. The van der Waals surface area contributed by atoms with Crippen LogP contribution in [0, 0.1) is 18.3 Å². The molecule has 7 heteroatoms. The molecule has 3 rings (SSSR count). The van der Waals surface area contributed by atoms with E-state index in [0.717, 1.165) is 16.3 Å². The number of nitrogens with zero attached hydrogens (tertiary/aromatic N) is 2. The number of carbonyl (C=O) groups excluding carboxylic acids is 1. The van der Waals surface area contributed by atoms with Gasteiger partial charge in [0, 0.05) is 22.7 Å². The van der Waals surface area contributed by atoms with E-state index < -0.39 is 0 Å². The molecule has 1 heterocycles. The van der Waals surface area contributed by atoms with Gasteiger partial charge in [0.2, 0.25) is 0 Å². The molecular weight excluding hydrogens is 374 g/mol. The van der Waals surface area contributed by atoms with Gasteiger partial charge >= 0.3 is 0 Å². The van der Waals surface area contributed by atoms with Crippen LogP contribution < -0.4 is 14.8 Å². The number of amides is 1. The quantitative estimate of drug-likeness (QED) is 0.643. The van der Waals surface area contributed by atoms with Crippen molar-refractivity contribution in [2.24, 2.45) is 0 Å². The van der Waals surface area contributed by atoms with E-state index in [2.05, 4.69) is 16.4 Å². The van der Waals surface area contributed by atoms with Gasteiger partial charge in [-0.2, -0.15) is 5.26 Å². The number of thiazole rings is 1. The predicted molar refractivity (Wildman–Crippen MR) is 109 cm³/mol. The highest BCUT2D eigenvalue weighted by Crippen LogP contribution is 2.28. The lowest BCUT2D eigenvalue weighted by Crippen LogP contribution is -2.20. The van der Waals surface area contributed by atoms with Crippen LogP contribution in [-0.4, -0.2) is 24.1 Å². The molecule has 0 aliphatic rings. The first-order valence-electron chi connectivity index (χ1n) is 8.71. The second-order valence-electron chi connectivity index (χ2n) is 5.88. The van der Waals surface area contributed by atoms with Crippen LogP contribution in [0.25, 0.3) is 11.3 Å². The standard InChI is InChI=1S/C21H19N3O3S/c1-3-26-20-9-15(11-22)7-8-19(20)27-12-21(25)24-17-6-4-5-16(10-17)18-13-28-14(2)23-18/h4-10,13H,3,12H2,1-2H3,(H,24,25). The van der Waals surface area contributed by atoms with Crippen LogP contribution in [0.2, 0.25) is 0 Å². The smallest absolute Gasteiger partial charge is 0.262 e. The molecule has 0 spiro atoms. The van der Waals surface area contributed by atoms with Gasteiger partial charge in [-0.15, -0.1) is 11.3 Å². The third-order valence-corrected chi connectivity index (χ3v) is 4.57. The van der Waals surface area contributed by atoms with Crippen LogP contribution in [-0.2, 0) is 4.79 Å². The maximum absolute atomic E-state index is 12.3. The molecule has 0 saturated heterocycles. The summed E-state index contributed by atoms with van der Waals surface area (Å²) >= 11 is 1.58. The number of aromatic nitrogens is 1. The molecule has 6 nitrogen and oxygen atoms in total. The van der Waals surface area contributed by atoms with Crippen molar-refractivity contribution in [3.8, 4) is 28.8 Å². The molecule has 2 aromatic carbocycles. The van der Waals surface area contributed by atoms with Gasteiger partial charge in [-0.05, 0) is 38.1 Å². The highest BCUT2D eigenvalue weighted by atomic mass is 32.1. The molecule has 0 aliphatic heterocycles. The fourth-order valence-corrected chi connectivity index (χ4v) is 3.18. The molecule has 3 aromatic rings. The number of anilines is 1. The highest BCUT2D eigenvalue weighted by Gasteiger charge is 2.10. The van der Waals surface area contributed by atoms with Crippen LogP contribution in [0.3, 0.4) is 0 Å². The van der Waals surface area contributed by atoms with Crippen molar-refractivity contribution in [3.05, 3.63) is 58.4 Å². The Hall–Kier alpha value is -3.37. The number of aryl methyl sites for hydroxylation is 1. The summed E-state index contributed by atoms with van der Waals surface area (Å²) in [4.78, 5) is 16.7. The van der Waals surface area contributed by atoms with Gasteiger partial charge in [0.25, 0.3) is 5.91 Å². The van der Waals surface area contributed by atoms with Gasteiger partial charge in [-0.3, -0.25) is 4.79 Å². The molecule has 0 saturated carbocycles. The number of rotatable bonds is 7. The van der Waals surface area contributed by atoms with E-state index in [1.54, 1.807) is 29.5 Å². The van der Waals surface area contributed by atoms with Crippen LogP contribution in [0.5, 0.6) is 11.5 Å². The number of carbonyl (C=O) groups is 1. The molecule has 142 valence electrons. The average Bonchev–Trinajstić information content (AvgIpc) is 3.14. The summed E-state index contributed by atoms with van der Waals surface area (Å²) in [6.45, 7) is 4.05. The minimum absolute atomic E-state index is 0.175. The number of hydrogen-bond donors (Lipinski definition) is 1. The van der Waals surface area contributed by atoms with Crippen molar-refractivity contribution < 1.29 is 14.3 Å². The van der Waals surface area contributed by atoms with E-state index in [1.165, 1.54) is 0 Å². The SMILES string of the molecule is CCOc1cc(C#N)ccc1OCC(=O)Nc1cccc(-c2csc(C)n2)c1. The van der Waals surface area contributed by atoms with Crippen molar-refractivity contribution in [1.29, 1.82) is 5.26 Å². The van der Waals surface area contributed by atoms with E-state index in [0.29, 0.717) is 29.4 Å². The fourth-order valence-electron chi connectivity index (χ4n) is 2.56. The molecule has 0 radical (unpaired) electrons. The maximum atomic E-state index is 12.3. The zero-order valence-corrected chi connectivity index (χ0v) is 16.4. The normalized spacial score (nSPS) is 10.2. The summed E-state index contributed by atoms with van der Waals surface area (Å²) in [6.07, 6.45) is 0. The zero-order valence-electron chi connectivity index (χ0n) is 15.6. The monoisotopic (exact) mass is 393 g/mol. The fraction of sp³-hybridized carbons (Fsp3) is 0.190. The molecule has 28 heavy (non-hydrogen) atoms. The van der Waals surface area contributed by atoms with E-state index >= 15 is 0 Å². The molecular formula is C21H19N3O3S.